The Morgan fingerprint density at radius 2 is 1.65 bits per heavy atom. The van der Waals surface area contributed by atoms with Gasteiger partial charge in [-0.15, -0.1) is 0 Å². The molecule has 0 aliphatic heterocycles. The number of ether oxygens (including phenoxy) is 2. The lowest BCUT2D eigenvalue weighted by Crippen LogP contribution is -2.23. The highest BCUT2D eigenvalue weighted by atomic mass is 16.5. The van der Waals surface area contributed by atoms with Gasteiger partial charge in [-0.3, -0.25) is 9.59 Å². The van der Waals surface area contributed by atoms with Crippen LogP contribution < -0.4 is 14.8 Å². The second-order valence-corrected chi connectivity index (χ2v) is 6.06. The zero-order chi connectivity index (χ0) is 19.1. The molecule has 6 heteroatoms. The molecule has 0 saturated carbocycles. The van der Waals surface area contributed by atoms with Crippen molar-refractivity contribution >= 4 is 17.5 Å². The van der Waals surface area contributed by atoms with Crippen LogP contribution in [0.4, 0.5) is 5.69 Å². The van der Waals surface area contributed by atoms with Crippen molar-refractivity contribution in [1.29, 1.82) is 0 Å². The minimum Gasteiger partial charge on any atom is -0.497 e. The predicted molar refractivity (Wildman–Crippen MR) is 101 cm³/mol. The summed E-state index contributed by atoms with van der Waals surface area (Å²) in [5.41, 5.74) is 2.33. The molecule has 2 amide bonds. The zero-order valence-electron chi connectivity index (χ0n) is 15.5. The third kappa shape index (κ3) is 5.24. The molecule has 6 nitrogen and oxygen atoms in total. The first-order valence-electron chi connectivity index (χ1n) is 8.22. The third-order valence-electron chi connectivity index (χ3n) is 3.93. The Labute approximate surface area is 153 Å². The van der Waals surface area contributed by atoms with E-state index in [-0.39, 0.29) is 18.2 Å². The van der Waals surface area contributed by atoms with Gasteiger partial charge in [-0.25, -0.2) is 0 Å². The van der Waals surface area contributed by atoms with Crippen molar-refractivity contribution in [3.8, 4) is 11.5 Å². The molecule has 0 unspecified atom stereocenters. The highest BCUT2D eigenvalue weighted by molar-refractivity contribution is 5.92. The summed E-state index contributed by atoms with van der Waals surface area (Å²) < 4.78 is 10.5. The van der Waals surface area contributed by atoms with Gasteiger partial charge < -0.3 is 19.7 Å². The van der Waals surface area contributed by atoms with Gasteiger partial charge in [-0.05, 0) is 35.9 Å². The van der Waals surface area contributed by atoms with E-state index in [2.05, 4.69) is 5.32 Å². The number of nitrogens with one attached hydrogen (secondary N) is 1. The first kappa shape index (κ1) is 19.3. The van der Waals surface area contributed by atoms with Crippen LogP contribution in [0, 0.1) is 0 Å². The average molecular weight is 356 g/mol. The Morgan fingerprint density at radius 3 is 2.23 bits per heavy atom. The lowest BCUT2D eigenvalue weighted by Gasteiger charge is -2.12. The van der Waals surface area contributed by atoms with E-state index in [1.165, 1.54) is 0 Å². The summed E-state index contributed by atoms with van der Waals surface area (Å²) in [5.74, 6) is 1.18. The second-order valence-electron chi connectivity index (χ2n) is 6.06. The third-order valence-corrected chi connectivity index (χ3v) is 3.93. The standard InChI is InChI=1S/C20H24N2O4/c1-22(2)20(24)11-14-5-7-16(8-6-14)21-19(23)13-15-12-17(25-3)9-10-18(15)26-4/h5-10,12H,11,13H2,1-4H3,(H,21,23). The van der Waals surface area contributed by atoms with Gasteiger partial charge in [-0.2, -0.15) is 0 Å². The molecule has 0 bridgehead atoms. The lowest BCUT2D eigenvalue weighted by molar-refractivity contribution is -0.128. The molecule has 0 heterocycles. The minimum absolute atomic E-state index is 0.0342. The second kappa shape index (κ2) is 8.89. The van der Waals surface area contributed by atoms with E-state index in [1.54, 1.807) is 63.5 Å². The van der Waals surface area contributed by atoms with E-state index >= 15 is 0 Å². The summed E-state index contributed by atoms with van der Waals surface area (Å²) >= 11 is 0. The van der Waals surface area contributed by atoms with Gasteiger partial charge >= 0.3 is 0 Å². The molecule has 1 N–H and O–H groups in total. The molecule has 0 atom stereocenters. The van der Waals surface area contributed by atoms with Gasteiger partial charge in [-0.1, -0.05) is 12.1 Å². The van der Waals surface area contributed by atoms with Crippen molar-refractivity contribution in [1.82, 2.24) is 4.90 Å². The van der Waals surface area contributed by atoms with E-state index in [0.29, 0.717) is 23.6 Å². The number of hydrogen-bond acceptors (Lipinski definition) is 4. The van der Waals surface area contributed by atoms with Crippen LogP contribution in [0.2, 0.25) is 0 Å². The van der Waals surface area contributed by atoms with Gasteiger partial charge in [0.2, 0.25) is 11.8 Å². The quantitative estimate of drug-likeness (QED) is 0.828. The maximum atomic E-state index is 12.3. The number of carbonyl (C=O) groups is 2. The number of rotatable bonds is 7. The minimum atomic E-state index is -0.159. The number of likely N-dealkylation sites (N-methyl/N-ethyl adjacent to an activating group) is 1. The molecule has 0 radical (unpaired) electrons. The van der Waals surface area contributed by atoms with Gasteiger partial charge in [0.05, 0.1) is 27.1 Å². The van der Waals surface area contributed by atoms with E-state index < -0.39 is 0 Å². The van der Waals surface area contributed by atoms with Crippen LogP contribution in [0.25, 0.3) is 0 Å². The molecule has 2 aromatic carbocycles. The van der Waals surface area contributed by atoms with Crippen LogP contribution in [-0.2, 0) is 22.4 Å². The predicted octanol–water partition coefficient (Wildman–Crippen LogP) is 2.52. The van der Waals surface area contributed by atoms with Crippen molar-refractivity contribution < 1.29 is 19.1 Å². The fourth-order valence-corrected chi connectivity index (χ4v) is 2.44. The smallest absolute Gasteiger partial charge is 0.228 e. The van der Waals surface area contributed by atoms with Crippen molar-refractivity contribution in [2.24, 2.45) is 0 Å². The fraction of sp³-hybridized carbons (Fsp3) is 0.300. The summed E-state index contributed by atoms with van der Waals surface area (Å²) in [4.78, 5) is 25.6. The van der Waals surface area contributed by atoms with Gasteiger partial charge in [0.1, 0.15) is 11.5 Å². The number of hydrogen-bond donors (Lipinski definition) is 1. The average Bonchev–Trinajstić information content (AvgIpc) is 2.63. The molecule has 2 aromatic rings. The lowest BCUT2D eigenvalue weighted by atomic mass is 10.1. The Hall–Kier alpha value is -3.02. The summed E-state index contributed by atoms with van der Waals surface area (Å²) in [6, 6.07) is 12.6. The van der Waals surface area contributed by atoms with Crippen molar-refractivity contribution in [3.63, 3.8) is 0 Å². The molecule has 0 aliphatic carbocycles. The summed E-state index contributed by atoms with van der Waals surface area (Å²) in [6.07, 6.45) is 0.503. The Morgan fingerprint density at radius 1 is 0.962 bits per heavy atom. The van der Waals surface area contributed by atoms with Crippen molar-refractivity contribution in [2.75, 3.05) is 33.6 Å². The topological polar surface area (TPSA) is 67.9 Å². The van der Waals surface area contributed by atoms with Crippen LogP contribution >= 0.6 is 0 Å². The first-order chi connectivity index (χ1) is 12.4. The van der Waals surface area contributed by atoms with Gasteiger partial charge in [0.25, 0.3) is 0 Å². The molecule has 26 heavy (non-hydrogen) atoms. The number of methoxy groups -OCH3 is 2. The van der Waals surface area contributed by atoms with Crippen LogP contribution in [0.5, 0.6) is 11.5 Å². The summed E-state index contributed by atoms with van der Waals surface area (Å²) in [6.45, 7) is 0. The number of nitrogens with zero attached hydrogens (tertiary/aromatic N) is 1. The maximum absolute atomic E-state index is 12.3. The van der Waals surface area contributed by atoms with Crippen LogP contribution in [-0.4, -0.2) is 45.0 Å². The molecule has 0 saturated heterocycles. The monoisotopic (exact) mass is 356 g/mol. The maximum Gasteiger partial charge on any atom is 0.228 e. The number of amides is 2. The van der Waals surface area contributed by atoms with Crippen molar-refractivity contribution in [3.05, 3.63) is 53.6 Å². The van der Waals surface area contributed by atoms with Crippen LogP contribution in [0.1, 0.15) is 11.1 Å². The zero-order valence-corrected chi connectivity index (χ0v) is 15.5. The number of carbonyl (C=O) groups excluding carboxylic acids is 2. The molecular formula is C20H24N2O4. The molecule has 2 rings (SSSR count). The van der Waals surface area contributed by atoms with E-state index in [1.807, 2.05) is 12.1 Å². The van der Waals surface area contributed by atoms with Crippen molar-refractivity contribution in [2.45, 2.75) is 12.8 Å². The Bertz CT molecular complexity index is 770. The van der Waals surface area contributed by atoms with E-state index in [0.717, 1.165) is 11.1 Å². The Kier molecular flexibility index (Phi) is 6.60. The number of benzene rings is 2. The van der Waals surface area contributed by atoms with Crippen LogP contribution in [0.3, 0.4) is 0 Å². The summed E-state index contributed by atoms with van der Waals surface area (Å²) in [7, 11) is 6.60. The molecular weight excluding hydrogens is 332 g/mol. The first-order valence-corrected chi connectivity index (χ1v) is 8.22. The fourth-order valence-electron chi connectivity index (χ4n) is 2.44. The Balaban J connectivity index is 2.01. The van der Waals surface area contributed by atoms with Gasteiger partial charge in [0, 0.05) is 25.3 Å². The highest BCUT2D eigenvalue weighted by Gasteiger charge is 2.11. The SMILES string of the molecule is COc1ccc(OC)c(CC(=O)Nc2ccc(CC(=O)N(C)C)cc2)c1. The van der Waals surface area contributed by atoms with Crippen LogP contribution in [0.15, 0.2) is 42.5 Å². The van der Waals surface area contributed by atoms with Gasteiger partial charge in [0.15, 0.2) is 0 Å². The van der Waals surface area contributed by atoms with E-state index in [9.17, 15) is 9.59 Å². The molecule has 0 spiro atoms. The molecule has 0 fully saturated rings. The number of anilines is 1. The molecule has 0 aromatic heterocycles. The normalized spacial score (nSPS) is 10.2. The molecule has 138 valence electrons. The summed E-state index contributed by atoms with van der Waals surface area (Å²) in [5, 5.41) is 2.85. The van der Waals surface area contributed by atoms with E-state index in [4.69, 9.17) is 9.47 Å². The largest absolute Gasteiger partial charge is 0.497 e. The molecule has 0 aliphatic rings. The highest BCUT2D eigenvalue weighted by Crippen LogP contribution is 2.24.